The van der Waals surface area contributed by atoms with E-state index in [1.54, 1.807) is 36.3 Å². The molecule has 2 amide bonds. The molecule has 5 rings (SSSR count). The van der Waals surface area contributed by atoms with Gasteiger partial charge in [0.2, 0.25) is 11.8 Å². The Labute approximate surface area is 212 Å². The third-order valence-electron chi connectivity index (χ3n) is 6.75. The van der Waals surface area contributed by atoms with Gasteiger partial charge in [-0.25, -0.2) is 18.4 Å². The van der Waals surface area contributed by atoms with Crippen molar-refractivity contribution in [2.45, 2.75) is 58.0 Å². The van der Waals surface area contributed by atoms with Crippen molar-refractivity contribution >= 4 is 17.8 Å². The molecule has 2 atom stereocenters. The second kappa shape index (κ2) is 9.31. The highest BCUT2D eigenvalue weighted by Gasteiger charge is 2.44. The van der Waals surface area contributed by atoms with E-state index in [-0.39, 0.29) is 24.4 Å². The fourth-order valence-corrected chi connectivity index (χ4v) is 4.86. The highest BCUT2D eigenvalue weighted by molar-refractivity contribution is 5.87. The Hall–Kier alpha value is -3.70. The summed E-state index contributed by atoms with van der Waals surface area (Å²) in [7, 11) is 0. The summed E-state index contributed by atoms with van der Waals surface area (Å²) in [5, 5.41) is 0. The van der Waals surface area contributed by atoms with E-state index in [9.17, 15) is 23.2 Å². The zero-order chi connectivity index (χ0) is 26.5. The van der Waals surface area contributed by atoms with Gasteiger partial charge in [0.05, 0.1) is 12.6 Å². The smallest absolute Gasteiger partial charge is 0.410 e. The molecule has 2 fully saturated rings. The molecule has 2 aromatic rings. The molecule has 10 nitrogen and oxygen atoms in total. The minimum Gasteiger partial charge on any atom is -0.473 e. The average molecular weight is 518 g/mol. The molecular formula is C25H29F2N5O5. The summed E-state index contributed by atoms with van der Waals surface area (Å²) in [6.45, 7) is 7.48. The number of benzene rings is 1. The molecule has 1 aromatic heterocycles. The number of hydrogen-bond acceptors (Lipinski definition) is 7. The summed E-state index contributed by atoms with van der Waals surface area (Å²) in [5.41, 5.74) is -0.719. The van der Waals surface area contributed by atoms with Gasteiger partial charge in [-0.1, -0.05) is 6.07 Å². The lowest BCUT2D eigenvalue weighted by molar-refractivity contribution is -0.142. The molecule has 3 aliphatic rings. The van der Waals surface area contributed by atoms with Crippen molar-refractivity contribution in [1.82, 2.24) is 19.4 Å². The van der Waals surface area contributed by atoms with Gasteiger partial charge in [0.1, 0.15) is 24.1 Å². The summed E-state index contributed by atoms with van der Waals surface area (Å²) in [5.74, 6) is -1.32. The van der Waals surface area contributed by atoms with E-state index < -0.39 is 35.1 Å². The Morgan fingerprint density at radius 1 is 1.08 bits per heavy atom. The van der Waals surface area contributed by atoms with E-state index >= 15 is 0 Å². The third-order valence-corrected chi connectivity index (χ3v) is 6.75. The molecule has 1 aromatic carbocycles. The Morgan fingerprint density at radius 2 is 1.86 bits per heavy atom. The van der Waals surface area contributed by atoms with Crippen molar-refractivity contribution < 1.29 is 27.8 Å². The zero-order valence-corrected chi connectivity index (χ0v) is 20.9. The van der Waals surface area contributed by atoms with Crippen LogP contribution < -0.4 is 15.3 Å². The number of nitrogens with zero attached hydrogens (tertiary/aromatic N) is 5. The molecule has 198 valence electrons. The number of anilines is 1. The maximum absolute atomic E-state index is 13.5. The van der Waals surface area contributed by atoms with Crippen molar-refractivity contribution in [3.05, 3.63) is 51.9 Å². The predicted octanol–water partition coefficient (Wildman–Crippen LogP) is 2.14. The highest BCUT2D eigenvalue weighted by atomic mass is 19.2. The fraction of sp³-hybridized carbons (Fsp3) is 0.520. The first-order valence-electron chi connectivity index (χ1n) is 12.2. The number of rotatable bonds is 4. The van der Waals surface area contributed by atoms with Crippen LogP contribution in [0.25, 0.3) is 0 Å². The molecule has 0 saturated carbocycles. The van der Waals surface area contributed by atoms with Gasteiger partial charge in [-0.05, 0) is 44.9 Å². The van der Waals surface area contributed by atoms with Gasteiger partial charge >= 0.3 is 11.8 Å². The van der Waals surface area contributed by atoms with Crippen molar-refractivity contribution in [1.29, 1.82) is 0 Å². The molecule has 0 N–H and O–H groups in total. The number of amides is 2. The van der Waals surface area contributed by atoms with E-state index in [4.69, 9.17) is 9.47 Å². The third kappa shape index (κ3) is 4.96. The van der Waals surface area contributed by atoms with Crippen molar-refractivity contribution in [3.63, 3.8) is 0 Å². The lowest BCUT2D eigenvalue weighted by Gasteiger charge is -2.45. The lowest BCUT2D eigenvalue weighted by Crippen LogP contribution is -2.63. The van der Waals surface area contributed by atoms with Crippen LogP contribution in [0.15, 0.2) is 29.1 Å². The molecule has 3 aliphatic heterocycles. The Bertz CT molecular complexity index is 1290. The van der Waals surface area contributed by atoms with E-state index in [0.29, 0.717) is 50.5 Å². The van der Waals surface area contributed by atoms with Crippen molar-refractivity contribution in [2.75, 3.05) is 31.1 Å². The molecule has 4 heterocycles. The second-order valence-electron chi connectivity index (χ2n) is 10.5. The van der Waals surface area contributed by atoms with E-state index in [2.05, 4.69) is 4.98 Å². The standard InChI is InChI=1S/C25H29F2N5O5/c1-25(2,3)37-24(35)31-7-6-19(31)22(33)29-8-9-30-16(12-29)13-32-21(30)11-20(28-23(32)34)36-14-15-4-5-17(26)18(27)10-15/h4-5,10-11,16,19H,6-9,12-14H2,1-3H3. The summed E-state index contributed by atoms with van der Waals surface area (Å²) >= 11 is 0. The normalized spacial score (nSPS) is 20.7. The SMILES string of the molecule is CC(C)(C)OC(=O)N1CCC1C(=O)N1CCN2c3cc(OCc4ccc(F)c(F)c4)nc(=O)n3CC2C1. The first-order valence-corrected chi connectivity index (χ1v) is 12.2. The van der Waals surface area contributed by atoms with Gasteiger partial charge in [0.15, 0.2) is 11.6 Å². The molecule has 0 radical (unpaired) electrons. The number of halogens is 2. The Kier molecular flexibility index (Phi) is 6.28. The van der Waals surface area contributed by atoms with E-state index in [0.717, 1.165) is 12.1 Å². The number of piperazine rings is 1. The molecule has 37 heavy (non-hydrogen) atoms. The van der Waals surface area contributed by atoms with Gasteiger partial charge in [-0.2, -0.15) is 4.98 Å². The van der Waals surface area contributed by atoms with Gasteiger partial charge in [0.25, 0.3) is 0 Å². The Balaban J connectivity index is 1.23. The van der Waals surface area contributed by atoms with Crippen LogP contribution in [-0.4, -0.2) is 75.2 Å². The molecule has 12 heteroatoms. The summed E-state index contributed by atoms with van der Waals surface area (Å²) < 4.78 is 39.2. The number of aromatic nitrogens is 2. The topological polar surface area (TPSA) is 97.2 Å². The van der Waals surface area contributed by atoms with Gasteiger partial charge in [-0.15, -0.1) is 0 Å². The summed E-state index contributed by atoms with van der Waals surface area (Å²) in [6.07, 6.45) is 0.100. The second-order valence-corrected chi connectivity index (χ2v) is 10.5. The van der Waals surface area contributed by atoms with Gasteiger partial charge < -0.3 is 19.3 Å². The van der Waals surface area contributed by atoms with Crippen LogP contribution in [0.2, 0.25) is 0 Å². The molecule has 0 bridgehead atoms. The van der Waals surface area contributed by atoms with Crippen molar-refractivity contribution in [3.8, 4) is 5.88 Å². The number of likely N-dealkylation sites (tertiary alicyclic amines) is 1. The first kappa shape index (κ1) is 25.0. The van der Waals surface area contributed by atoms with Crippen LogP contribution in [0.5, 0.6) is 5.88 Å². The van der Waals surface area contributed by atoms with Crippen LogP contribution in [0, 0.1) is 11.6 Å². The first-order chi connectivity index (χ1) is 17.5. The highest BCUT2D eigenvalue weighted by Crippen LogP contribution is 2.31. The van der Waals surface area contributed by atoms with Crippen LogP contribution in [-0.2, 0) is 22.7 Å². The number of fused-ring (bicyclic) bond motifs is 3. The summed E-state index contributed by atoms with van der Waals surface area (Å²) in [4.78, 5) is 47.6. The maximum atomic E-state index is 13.5. The number of hydrogen-bond donors (Lipinski definition) is 0. The largest absolute Gasteiger partial charge is 0.473 e. The minimum absolute atomic E-state index is 0.0751. The predicted molar refractivity (Wildman–Crippen MR) is 128 cm³/mol. The van der Waals surface area contributed by atoms with E-state index in [1.165, 1.54) is 11.0 Å². The Morgan fingerprint density at radius 3 is 2.54 bits per heavy atom. The van der Waals surface area contributed by atoms with Crippen LogP contribution in [0.4, 0.5) is 19.4 Å². The quantitative estimate of drug-likeness (QED) is 0.613. The lowest BCUT2D eigenvalue weighted by atomic mass is 10.0. The van der Waals surface area contributed by atoms with Crippen LogP contribution in [0.1, 0.15) is 32.8 Å². The van der Waals surface area contributed by atoms with Crippen molar-refractivity contribution in [2.24, 2.45) is 0 Å². The molecular weight excluding hydrogens is 488 g/mol. The molecule has 2 saturated heterocycles. The van der Waals surface area contributed by atoms with Crippen LogP contribution in [0.3, 0.4) is 0 Å². The maximum Gasteiger partial charge on any atom is 0.410 e. The number of carbonyl (C=O) groups excluding carboxylic acids is 2. The molecule has 0 aliphatic carbocycles. The van der Waals surface area contributed by atoms with Gasteiger partial charge in [-0.3, -0.25) is 14.3 Å². The molecule has 2 unspecified atom stereocenters. The summed E-state index contributed by atoms with van der Waals surface area (Å²) in [6, 6.07) is 4.44. The fourth-order valence-electron chi connectivity index (χ4n) is 4.86. The minimum atomic E-state index is -0.977. The van der Waals surface area contributed by atoms with Crippen LogP contribution >= 0.6 is 0 Å². The molecule has 0 spiro atoms. The number of carbonyl (C=O) groups is 2. The zero-order valence-electron chi connectivity index (χ0n) is 20.9. The van der Waals surface area contributed by atoms with Gasteiger partial charge in [0, 0.05) is 32.2 Å². The monoisotopic (exact) mass is 517 g/mol. The number of ether oxygens (including phenoxy) is 2. The average Bonchev–Trinajstić information content (AvgIpc) is 3.16. The van der Waals surface area contributed by atoms with E-state index in [1.807, 2.05) is 4.90 Å².